The molecular weight excluding hydrogens is 454 g/mol. The molecule has 10 nitrogen and oxygen atoms in total. The second kappa shape index (κ2) is 17.8. The zero-order valence-corrected chi connectivity index (χ0v) is 20.8. The molecular formula is C25H41N3O7. The number of rotatable bonds is 20. The van der Waals surface area contributed by atoms with Crippen LogP contribution in [-0.4, -0.2) is 44.7 Å². The van der Waals surface area contributed by atoms with Crippen molar-refractivity contribution in [2.45, 2.75) is 109 Å². The molecule has 1 amide bonds. The first-order chi connectivity index (χ1) is 16.8. The number of carbonyl (C=O) groups is 1. The van der Waals surface area contributed by atoms with Crippen LogP contribution in [0.5, 0.6) is 0 Å². The molecule has 198 valence electrons. The first-order valence-corrected chi connectivity index (χ1v) is 12.8. The lowest BCUT2D eigenvalue weighted by Gasteiger charge is -2.22. The molecule has 0 aromatic heterocycles. The summed E-state index contributed by atoms with van der Waals surface area (Å²) in [5.41, 5.74) is -1.58. The second-order valence-corrected chi connectivity index (χ2v) is 9.08. The van der Waals surface area contributed by atoms with Crippen molar-refractivity contribution < 1.29 is 24.9 Å². The van der Waals surface area contributed by atoms with Crippen LogP contribution < -0.4 is 5.32 Å². The van der Waals surface area contributed by atoms with Gasteiger partial charge in [-0.1, -0.05) is 90.4 Å². The van der Waals surface area contributed by atoms with E-state index in [1.54, 1.807) is 0 Å². The molecule has 0 radical (unpaired) electrons. The van der Waals surface area contributed by atoms with E-state index in [9.17, 15) is 35.2 Å². The molecule has 0 aliphatic heterocycles. The molecule has 0 aliphatic carbocycles. The Morgan fingerprint density at radius 2 is 1.40 bits per heavy atom. The van der Waals surface area contributed by atoms with Crippen molar-refractivity contribution in [1.82, 2.24) is 5.32 Å². The molecule has 1 aromatic rings. The van der Waals surface area contributed by atoms with Gasteiger partial charge in [0.15, 0.2) is 0 Å². The molecule has 3 N–H and O–H groups in total. The van der Waals surface area contributed by atoms with Crippen LogP contribution in [0, 0.1) is 20.2 Å². The van der Waals surface area contributed by atoms with Gasteiger partial charge in [-0.3, -0.25) is 25.0 Å². The van der Waals surface area contributed by atoms with E-state index in [0.717, 1.165) is 37.8 Å². The minimum atomic E-state index is -1.01. The summed E-state index contributed by atoms with van der Waals surface area (Å²) in [6.07, 6.45) is 15.0. The highest BCUT2D eigenvalue weighted by atomic mass is 16.6. The topological polar surface area (TPSA) is 156 Å². The summed E-state index contributed by atoms with van der Waals surface area (Å²) >= 11 is 0. The van der Waals surface area contributed by atoms with Gasteiger partial charge in [-0.05, 0) is 12.5 Å². The molecule has 0 spiro atoms. The lowest BCUT2D eigenvalue weighted by Crippen LogP contribution is -2.46. The third kappa shape index (κ3) is 12.1. The third-order valence-electron chi connectivity index (χ3n) is 6.21. The van der Waals surface area contributed by atoms with E-state index in [1.807, 2.05) is 0 Å². The Kier molecular flexibility index (Phi) is 15.5. The Balaban J connectivity index is 2.33. The van der Waals surface area contributed by atoms with E-state index in [4.69, 9.17) is 0 Å². The van der Waals surface area contributed by atoms with Crippen LogP contribution in [0.25, 0.3) is 0 Å². The molecule has 0 fully saturated rings. The molecule has 2 atom stereocenters. The first-order valence-electron chi connectivity index (χ1n) is 12.8. The molecule has 1 aromatic carbocycles. The fourth-order valence-corrected chi connectivity index (χ4v) is 4.06. The zero-order chi connectivity index (χ0) is 26.1. The Morgan fingerprint density at radius 3 is 1.86 bits per heavy atom. The number of benzene rings is 1. The van der Waals surface area contributed by atoms with E-state index in [-0.39, 0.29) is 5.56 Å². The van der Waals surface area contributed by atoms with Crippen LogP contribution in [0.2, 0.25) is 0 Å². The normalized spacial score (nSPS) is 12.8. The van der Waals surface area contributed by atoms with Crippen LogP contribution in [0.3, 0.4) is 0 Å². The van der Waals surface area contributed by atoms with Gasteiger partial charge in [-0.2, -0.15) is 0 Å². The monoisotopic (exact) mass is 495 g/mol. The summed E-state index contributed by atoms with van der Waals surface area (Å²) in [4.78, 5) is 32.9. The van der Waals surface area contributed by atoms with Crippen molar-refractivity contribution in [3.8, 4) is 0 Å². The third-order valence-corrected chi connectivity index (χ3v) is 6.21. The summed E-state index contributed by atoms with van der Waals surface area (Å²) in [6, 6.07) is 1.72. The van der Waals surface area contributed by atoms with Gasteiger partial charge in [-0.15, -0.1) is 0 Å². The van der Waals surface area contributed by atoms with Gasteiger partial charge in [0.05, 0.1) is 34.7 Å². The molecule has 0 heterocycles. The number of unbranched alkanes of at least 4 members (excludes halogenated alkanes) is 12. The van der Waals surface area contributed by atoms with Crippen molar-refractivity contribution in [3.05, 3.63) is 44.0 Å². The van der Waals surface area contributed by atoms with Gasteiger partial charge in [0.1, 0.15) is 5.56 Å². The molecule has 0 bridgehead atoms. The lowest BCUT2D eigenvalue weighted by atomic mass is 10.0. The van der Waals surface area contributed by atoms with Crippen LogP contribution >= 0.6 is 0 Å². The number of aliphatic hydroxyl groups is 2. The lowest BCUT2D eigenvalue weighted by molar-refractivity contribution is -0.394. The molecule has 0 saturated carbocycles. The highest BCUT2D eigenvalue weighted by Gasteiger charge is 2.27. The van der Waals surface area contributed by atoms with E-state index >= 15 is 0 Å². The number of nitrogens with one attached hydrogen (secondary N) is 1. The summed E-state index contributed by atoms with van der Waals surface area (Å²) in [7, 11) is 0. The molecule has 0 aliphatic rings. The average Bonchev–Trinajstić information content (AvgIpc) is 2.84. The Hall–Kier alpha value is -2.59. The molecule has 0 saturated heterocycles. The second-order valence-electron chi connectivity index (χ2n) is 9.08. The van der Waals surface area contributed by atoms with Gasteiger partial charge in [0.2, 0.25) is 0 Å². The van der Waals surface area contributed by atoms with E-state index in [2.05, 4.69) is 12.2 Å². The fourth-order valence-electron chi connectivity index (χ4n) is 4.06. The Labute approximate surface area is 207 Å². The number of carbonyl (C=O) groups excluding carboxylic acids is 1. The number of nitrogens with zero attached hydrogens (tertiary/aromatic N) is 2. The number of nitro benzene ring substituents is 2. The zero-order valence-electron chi connectivity index (χ0n) is 20.8. The first kappa shape index (κ1) is 30.4. The van der Waals surface area contributed by atoms with Crippen molar-refractivity contribution in [2.75, 3.05) is 6.61 Å². The van der Waals surface area contributed by atoms with E-state index in [0.29, 0.717) is 12.5 Å². The average molecular weight is 496 g/mol. The predicted octanol–water partition coefficient (Wildman–Crippen LogP) is 5.44. The SMILES string of the molecule is CCCCCCCCCCCCCCCC(O)C(CO)NC(=O)c1ccc([N+](=O)[O-])cc1[N+](=O)[O-]. The number of non-ortho nitro benzene ring substituents is 1. The number of hydrogen-bond acceptors (Lipinski definition) is 7. The van der Waals surface area contributed by atoms with Gasteiger partial charge >= 0.3 is 0 Å². The number of aliphatic hydroxyl groups excluding tert-OH is 2. The molecule has 2 unspecified atom stereocenters. The number of amides is 1. The van der Waals surface area contributed by atoms with Gasteiger partial charge in [-0.25, -0.2) is 0 Å². The standard InChI is InChI=1S/C25H41N3O7/c1-2-3-4-5-6-7-8-9-10-11-12-13-14-15-24(30)22(19-29)26-25(31)21-17-16-20(27(32)33)18-23(21)28(34)35/h16-18,22,24,29-30H,2-15,19H2,1H3,(H,26,31). The highest BCUT2D eigenvalue weighted by molar-refractivity contribution is 5.98. The van der Waals surface area contributed by atoms with Crippen LogP contribution in [-0.2, 0) is 0 Å². The van der Waals surface area contributed by atoms with E-state index < -0.39 is 45.9 Å². The van der Waals surface area contributed by atoms with E-state index in [1.165, 1.54) is 57.8 Å². The van der Waals surface area contributed by atoms with Crippen LogP contribution in [0.1, 0.15) is 107 Å². The molecule has 35 heavy (non-hydrogen) atoms. The minimum Gasteiger partial charge on any atom is -0.394 e. The molecule has 10 heteroatoms. The Bertz CT molecular complexity index is 788. The maximum atomic E-state index is 12.5. The summed E-state index contributed by atoms with van der Waals surface area (Å²) in [6.45, 7) is 1.69. The Morgan fingerprint density at radius 1 is 0.886 bits per heavy atom. The van der Waals surface area contributed by atoms with Crippen LogP contribution in [0.15, 0.2) is 18.2 Å². The smallest absolute Gasteiger partial charge is 0.289 e. The van der Waals surface area contributed by atoms with Gasteiger partial charge in [0, 0.05) is 6.07 Å². The van der Waals surface area contributed by atoms with Gasteiger partial charge in [0.25, 0.3) is 17.3 Å². The van der Waals surface area contributed by atoms with Crippen molar-refractivity contribution in [2.24, 2.45) is 0 Å². The largest absolute Gasteiger partial charge is 0.394 e. The summed E-state index contributed by atoms with van der Waals surface area (Å²) in [5, 5.41) is 44.5. The predicted molar refractivity (Wildman–Crippen MR) is 134 cm³/mol. The quantitative estimate of drug-likeness (QED) is 0.124. The van der Waals surface area contributed by atoms with Crippen LogP contribution in [0.4, 0.5) is 11.4 Å². The summed E-state index contributed by atoms with van der Waals surface area (Å²) < 4.78 is 0. The maximum absolute atomic E-state index is 12.5. The number of hydrogen-bond donors (Lipinski definition) is 3. The number of nitro groups is 2. The minimum absolute atomic E-state index is 0.368. The van der Waals surface area contributed by atoms with Crippen molar-refractivity contribution in [1.29, 1.82) is 0 Å². The fraction of sp³-hybridized carbons (Fsp3) is 0.720. The molecule has 1 rings (SSSR count). The highest BCUT2D eigenvalue weighted by Crippen LogP contribution is 2.25. The maximum Gasteiger partial charge on any atom is 0.289 e. The van der Waals surface area contributed by atoms with Crippen molar-refractivity contribution >= 4 is 17.3 Å². The van der Waals surface area contributed by atoms with Crippen molar-refractivity contribution in [3.63, 3.8) is 0 Å². The summed E-state index contributed by atoms with van der Waals surface area (Å²) in [5.74, 6) is -0.880. The van der Waals surface area contributed by atoms with Gasteiger partial charge < -0.3 is 15.5 Å².